The number of nitrogens with one attached hydrogen (secondary N) is 1. The largest absolute Gasteiger partial charge is 0.341 e. The summed E-state index contributed by atoms with van der Waals surface area (Å²) in [5.74, 6) is 0.966. The number of hydrogen-bond donors (Lipinski definition) is 1. The van der Waals surface area contributed by atoms with Crippen LogP contribution in [0.15, 0.2) is 60.7 Å². The SMILES string of the molecule is CCc1nc(-c2ccccc2)[nH]c1Cc1ccccc1. The van der Waals surface area contributed by atoms with E-state index in [1.54, 1.807) is 0 Å². The predicted molar refractivity (Wildman–Crippen MR) is 82.6 cm³/mol. The highest BCUT2D eigenvalue weighted by Crippen LogP contribution is 2.20. The van der Waals surface area contributed by atoms with E-state index in [0.717, 1.165) is 29.9 Å². The van der Waals surface area contributed by atoms with Crippen LogP contribution >= 0.6 is 0 Å². The van der Waals surface area contributed by atoms with E-state index in [2.05, 4.69) is 48.3 Å². The summed E-state index contributed by atoms with van der Waals surface area (Å²) >= 11 is 0. The monoisotopic (exact) mass is 262 g/mol. The van der Waals surface area contributed by atoms with Crippen LogP contribution in [0.2, 0.25) is 0 Å². The molecule has 2 nitrogen and oxygen atoms in total. The van der Waals surface area contributed by atoms with E-state index in [1.165, 1.54) is 11.3 Å². The number of benzene rings is 2. The van der Waals surface area contributed by atoms with Crippen molar-refractivity contribution >= 4 is 0 Å². The quantitative estimate of drug-likeness (QED) is 0.749. The van der Waals surface area contributed by atoms with Crippen LogP contribution in [0, 0.1) is 0 Å². The third-order valence-electron chi connectivity index (χ3n) is 3.47. The molecule has 0 unspecified atom stereocenters. The van der Waals surface area contributed by atoms with Crippen molar-refractivity contribution in [3.63, 3.8) is 0 Å². The fourth-order valence-corrected chi connectivity index (χ4v) is 2.42. The molecule has 0 aliphatic rings. The fourth-order valence-electron chi connectivity index (χ4n) is 2.42. The lowest BCUT2D eigenvalue weighted by atomic mass is 10.1. The van der Waals surface area contributed by atoms with Gasteiger partial charge >= 0.3 is 0 Å². The average molecular weight is 262 g/mol. The second-order valence-electron chi connectivity index (χ2n) is 4.89. The number of aromatic nitrogens is 2. The van der Waals surface area contributed by atoms with Crippen LogP contribution in [0.1, 0.15) is 23.9 Å². The van der Waals surface area contributed by atoms with Crippen LogP contribution in [-0.2, 0) is 12.8 Å². The summed E-state index contributed by atoms with van der Waals surface area (Å²) in [7, 11) is 0. The van der Waals surface area contributed by atoms with Gasteiger partial charge in [-0.05, 0) is 12.0 Å². The van der Waals surface area contributed by atoms with Gasteiger partial charge in [0, 0.05) is 17.7 Å². The van der Waals surface area contributed by atoms with Gasteiger partial charge < -0.3 is 4.98 Å². The Morgan fingerprint density at radius 2 is 1.55 bits per heavy atom. The Kier molecular flexibility index (Phi) is 3.64. The minimum absolute atomic E-state index is 0.907. The lowest BCUT2D eigenvalue weighted by Gasteiger charge is -2.00. The van der Waals surface area contributed by atoms with Crippen molar-refractivity contribution in [2.75, 3.05) is 0 Å². The van der Waals surface area contributed by atoms with Gasteiger partial charge in [0.25, 0.3) is 0 Å². The standard InChI is InChI=1S/C18H18N2/c1-2-16-17(13-14-9-5-3-6-10-14)20-18(19-16)15-11-7-4-8-12-15/h3-12H,2,13H2,1H3,(H,19,20). The van der Waals surface area contributed by atoms with E-state index in [9.17, 15) is 0 Å². The van der Waals surface area contributed by atoms with Crippen LogP contribution in [0.4, 0.5) is 0 Å². The van der Waals surface area contributed by atoms with Crippen LogP contribution in [0.3, 0.4) is 0 Å². The molecule has 3 aromatic rings. The smallest absolute Gasteiger partial charge is 0.137 e. The van der Waals surface area contributed by atoms with Crippen molar-refractivity contribution in [3.05, 3.63) is 77.6 Å². The van der Waals surface area contributed by atoms with Crippen molar-refractivity contribution < 1.29 is 0 Å². The van der Waals surface area contributed by atoms with Crippen LogP contribution in [0.5, 0.6) is 0 Å². The fraction of sp³-hybridized carbons (Fsp3) is 0.167. The first-order valence-corrected chi connectivity index (χ1v) is 7.04. The number of aromatic amines is 1. The van der Waals surface area contributed by atoms with Crippen LogP contribution < -0.4 is 0 Å². The van der Waals surface area contributed by atoms with Crippen molar-refractivity contribution in [2.24, 2.45) is 0 Å². The lowest BCUT2D eigenvalue weighted by Crippen LogP contribution is -1.93. The highest BCUT2D eigenvalue weighted by atomic mass is 14.9. The molecule has 2 heteroatoms. The Morgan fingerprint density at radius 1 is 0.900 bits per heavy atom. The summed E-state index contributed by atoms with van der Waals surface area (Å²) in [6.45, 7) is 2.15. The molecule has 1 N–H and O–H groups in total. The van der Waals surface area contributed by atoms with Crippen molar-refractivity contribution in [1.29, 1.82) is 0 Å². The maximum atomic E-state index is 4.74. The van der Waals surface area contributed by atoms with Crippen molar-refractivity contribution in [1.82, 2.24) is 9.97 Å². The zero-order valence-corrected chi connectivity index (χ0v) is 11.6. The van der Waals surface area contributed by atoms with E-state index in [1.807, 2.05) is 24.3 Å². The molecule has 0 radical (unpaired) electrons. The highest BCUT2D eigenvalue weighted by molar-refractivity contribution is 5.55. The molecule has 1 heterocycles. The van der Waals surface area contributed by atoms with Gasteiger partial charge in [-0.15, -0.1) is 0 Å². The van der Waals surface area contributed by atoms with Crippen molar-refractivity contribution in [2.45, 2.75) is 19.8 Å². The van der Waals surface area contributed by atoms with E-state index in [-0.39, 0.29) is 0 Å². The topological polar surface area (TPSA) is 28.7 Å². The maximum Gasteiger partial charge on any atom is 0.137 e. The molecular weight excluding hydrogens is 244 g/mol. The Labute approximate surface area is 119 Å². The van der Waals surface area contributed by atoms with Gasteiger partial charge in [0.05, 0.1) is 5.69 Å². The molecule has 3 rings (SSSR count). The molecule has 0 atom stereocenters. The van der Waals surface area contributed by atoms with Gasteiger partial charge in [0.15, 0.2) is 0 Å². The zero-order valence-electron chi connectivity index (χ0n) is 11.6. The van der Waals surface area contributed by atoms with Gasteiger partial charge in [-0.2, -0.15) is 0 Å². The Bertz CT molecular complexity index is 669. The molecule has 0 aliphatic heterocycles. The molecule has 1 aromatic heterocycles. The zero-order chi connectivity index (χ0) is 13.8. The summed E-state index contributed by atoms with van der Waals surface area (Å²) in [6.07, 6.45) is 1.86. The predicted octanol–water partition coefficient (Wildman–Crippen LogP) is 4.23. The van der Waals surface area contributed by atoms with E-state index < -0.39 is 0 Å². The minimum atomic E-state index is 0.907. The van der Waals surface area contributed by atoms with Crippen LogP contribution in [0.25, 0.3) is 11.4 Å². The van der Waals surface area contributed by atoms with Gasteiger partial charge in [-0.25, -0.2) is 4.98 Å². The summed E-state index contributed by atoms with van der Waals surface area (Å²) < 4.78 is 0. The van der Waals surface area contributed by atoms with E-state index in [4.69, 9.17) is 4.98 Å². The normalized spacial score (nSPS) is 10.7. The first-order chi connectivity index (χ1) is 9.86. The van der Waals surface area contributed by atoms with Gasteiger partial charge in [-0.1, -0.05) is 67.6 Å². The number of rotatable bonds is 4. The molecule has 0 saturated carbocycles. The van der Waals surface area contributed by atoms with E-state index in [0.29, 0.717) is 0 Å². The number of aryl methyl sites for hydroxylation is 1. The third-order valence-corrected chi connectivity index (χ3v) is 3.47. The summed E-state index contributed by atoms with van der Waals surface area (Å²) in [6, 6.07) is 20.8. The Morgan fingerprint density at radius 3 is 2.20 bits per heavy atom. The number of hydrogen-bond acceptors (Lipinski definition) is 1. The molecule has 0 spiro atoms. The summed E-state index contributed by atoms with van der Waals surface area (Å²) in [5, 5.41) is 0. The molecule has 2 aromatic carbocycles. The molecule has 0 saturated heterocycles. The molecule has 20 heavy (non-hydrogen) atoms. The molecule has 0 bridgehead atoms. The Balaban J connectivity index is 1.93. The van der Waals surface area contributed by atoms with E-state index >= 15 is 0 Å². The van der Waals surface area contributed by atoms with Crippen LogP contribution in [-0.4, -0.2) is 9.97 Å². The van der Waals surface area contributed by atoms with Gasteiger partial charge in [-0.3, -0.25) is 0 Å². The first kappa shape index (κ1) is 12.7. The minimum Gasteiger partial charge on any atom is -0.341 e. The number of imidazole rings is 1. The van der Waals surface area contributed by atoms with Crippen molar-refractivity contribution in [3.8, 4) is 11.4 Å². The number of H-pyrrole nitrogens is 1. The molecule has 100 valence electrons. The third kappa shape index (κ3) is 2.64. The summed E-state index contributed by atoms with van der Waals surface area (Å²) in [5.41, 5.74) is 4.83. The molecular formula is C18H18N2. The second-order valence-corrected chi connectivity index (χ2v) is 4.89. The summed E-state index contributed by atoms with van der Waals surface area (Å²) in [4.78, 5) is 8.23. The average Bonchev–Trinajstić information content (AvgIpc) is 2.92. The second kappa shape index (κ2) is 5.74. The maximum absolute atomic E-state index is 4.74. The number of nitrogens with zero attached hydrogens (tertiary/aromatic N) is 1. The van der Waals surface area contributed by atoms with Gasteiger partial charge in [0.1, 0.15) is 5.82 Å². The molecule has 0 aliphatic carbocycles. The first-order valence-electron chi connectivity index (χ1n) is 7.04. The Hall–Kier alpha value is -2.35. The van der Waals surface area contributed by atoms with Gasteiger partial charge in [0.2, 0.25) is 0 Å². The molecule has 0 amide bonds. The highest BCUT2D eigenvalue weighted by Gasteiger charge is 2.10. The lowest BCUT2D eigenvalue weighted by molar-refractivity contribution is 0.999. The molecule has 0 fully saturated rings.